The van der Waals surface area contributed by atoms with Gasteiger partial charge < -0.3 is 18.3 Å². The lowest BCUT2D eigenvalue weighted by Crippen LogP contribution is -2.17. The van der Waals surface area contributed by atoms with Gasteiger partial charge in [-0.15, -0.1) is 0 Å². The average Bonchev–Trinajstić information content (AvgIpc) is 3.05. The Morgan fingerprint density at radius 2 is 0.571 bits per heavy atom. The largest absolute Gasteiger partial charge is 0.306 e. The lowest BCUT2D eigenvalue weighted by atomic mass is 9.91. The molecule has 5 aromatic heterocycles. The lowest BCUT2D eigenvalue weighted by Gasteiger charge is -2.30. The molecule has 0 aliphatic heterocycles. The summed E-state index contributed by atoms with van der Waals surface area (Å²) in [6, 6.07) is 96.4. The molecule has 0 amide bonds. The number of para-hydroxylation sites is 4. The molecule has 18 rings (SSSR count). The fourth-order valence-corrected chi connectivity index (χ4v) is 14.5. The van der Waals surface area contributed by atoms with E-state index in [-0.39, 0.29) is 0 Å². The molecular formula is C78H48N6. The zero-order chi connectivity index (χ0) is 55.5. The van der Waals surface area contributed by atoms with Crippen molar-refractivity contribution in [2.45, 2.75) is 13.8 Å². The lowest BCUT2D eigenvalue weighted by molar-refractivity contribution is 1.02. The van der Waals surface area contributed by atoms with Crippen molar-refractivity contribution >= 4 is 130 Å². The van der Waals surface area contributed by atoms with Crippen molar-refractivity contribution in [2.24, 2.45) is 0 Å². The van der Waals surface area contributed by atoms with E-state index in [1.54, 1.807) is 0 Å². The molecule has 0 radical (unpaired) electrons. The Morgan fingerprint density at radius 1 is 0.286 bits per heavy atom. The average molecular weight is 1070 g/mol. The number of aromatic nitrogens is 5. The number of benzene rings is 13. The molecule has 0 unspecified atom stereocenters. The van der Waals surface area contributed by atoms with Crippen molar-refractivity contribution in [1.82, 2.24) is 23.3 Å². The zero-order valence-electron chi connectivity index (χ0n) is 45.9. The number of rotatable bonds is 5. The maximum absolute atomic E-state index is 13.1. The predicted molar refractivity (Wildman–Crippen MR) is 351 cm³/mol. The molecule has 0 N–H and O–H groups in total. The minimum Gasteiger partial charge on any atom is -0.306 e. The number of nitrogens with zero attached hydrogens (tertiary/aromatic N) is 6. The summed E-state index contributed by atoms with van der Waals surface area (Å²) in [7, 11) is 0. The van der Waals surface area contributed by atoms with E-state index in [2.05, 4.69) is 293 Å². The second kappa shape index (κ2) is 17.4. The third kappa shape index (κ3) is 6.41. The smallest absolute Gasteiger partial charge is 0.102 e. The quantitative estimate of drug-likeness (QED) is 0.172. The van der Waals surface area contributed by atoms with Crippen molar-refractivity contribution in [2.75, 3.05) is 0 Å². The molecule has 6 nitrogen and oxygen atoms in total. The van der Waals surface area contributed by atoms with Crippen molar-refractivity contribution in [3.8, 4) is 39.9 Å². The molecule has 0 aliphatic carbocycles. The van der Waals surface area contributed by atoms with Gasteiger partial charge in [-0.3, -0.25) is 4.98 Å². The minimum atomic E-state index is 0.526. The van der Waals surface area contributed by atoms with Crippen LogP contribution < -0.4 is 0 Å². The van der Waals surface area contributed by atoms with Crippen LogP contribution in [0.3, 0.4) is 0 Å². The van der Waals surface area contributed by atoms with E-state index in [0.29, 0.717) is 5.56 Å². The highest BCUT2D eigenvalue weighted by molar-refractivity contribution is 6.21. The van der Waals surface area contributed by atoms with Gasteiger partial charge in [0.05, 0.1) is 72.4 Å². The van der Waals surface area contributed by atoms with E-state index in [1.165, 1.54) is 0 Å². The molecule has 0 fully saturated rings. The zero-order valence-corrected chi connectivity index (χ0v) is 45.9. The van der Waals surface area contributed by atoms with Gasteiger partial charge >= 0.3 is 0 Å². The van der Waals surface area contributed by atoms with E-state index < -0.39 is 0 Å². The Balaban J connectivity index is 1.21. The molecule has 6 heteroatoms. The SMILES string of the molecule is Cc1ccc(-c2c(C#N)c(-n3c4ccccc4c4cc5ccccc5cc43)c(-n3c4ccccc4c4cc5ccccc5cc43)c(-n3c4ccccc4c4cc5ccccc5cc43)c2-n2c3ccccc3c3cc4ccccc4cc32)c(C)n1. The van der Waals surface area contributed by atoms with E-state index in [4.69, 9.17) is 4.98 Å². The van der Waals surface area contributed by atoms with Crippen molar-refractivity contribution < 1.29 is 0 Å². The molecule has 18 aromatic rings. The second-order valence-corrected chi connectivity index (χ2v) is 22.6. The van der Waals surface area contributed by atoms with Crippen LogP contribution in [0, 0.1) is 25.2 Å². The first-order valence-electron chi connectivity index (χ1n) is 28.8. The van der Waals surface area contributed by atoms with Crippen molar-refractivity contribution in [3.63, 3.8) is 0 Å². The molecule has 13 aromatic carbocycles. The first-order valence-corrected chi connectivity index (χ1v) is 28.8. The molecule has 5 heterocycles. The third-order valence-corrected chi connectivity index (χ3v) is 18.1. The summed E-state index contributed by atoms with van der Waals surface area (Å²) in [5.41, 5.74) is 15.5. The Labute approximate surface area is 481 Å². The van der Waals surface area contributed by atoms with Crippen LogP contribution in [0.2, 0.25) is 0 Å². The maximum atomic E-state index is 13.1. The predicted octanol–water partition coefficient (Wildman–Crippen LogP) is 20.2. The number of pyridine rings is 1. The summed E-state index contributed by atoms with van der Waals surface area (Å²) in [5, 5.41) is 31.1. The number of hydrogen-bond acceptors (Lipinski definition) is 2. The highest BCUT2D eigenvalue weighted by Gasteiger charge is 2.36. The van der Waals surface area contributed by atoms with Crippen LogP contribution >= 0.6 is 0 Å². The van der Waals surface area contributed by atoms with Gasteiger partial charge in [-0.1, -0.05) is 176 Å². The summed E-state index contributed by atoms with van der Waals surface area (Å²) >= 11 is 0. The fraction of sp³-hybridized carbons (Fsp3) is 0.0256. The normalized spacial score (nSPS) is 12.2. The van der Waals surface area contributed by atoms with Gasteiger partial charge in [-0.2, -0.15) is 5.26 Å². The summed E-state index contributed by atoms with van der Waals surface area (Å²) in [4.78, 5) is 5.31. The number of fused-ring (bicyclic) bond motifs is 16. The molecule has 0 aliphatic rings. The van der Waals surface area contributed by atoms with Crippen LogP contribution in [0.15, 0.2) is 255 Å². The van der Waals surface area contributed by atoms with E-state index in [1.807, 2.05) is 0 Å². The van der Waals surface area contributed by atoms with Gasteiger partial charge in [0, 0.05) is 65.6 Å². The van der Waals surface area contributed by atoms with Gasteiger partial charge in [0.25, 0.3) is 0 Å². The topological polar surface area (TPSA) is 56.4 Å². The monoisotopic (exact) mass is 1070 g/mol. The minimum absolute atomic E-state index is 0.526. The summed E-state index contributed by atoms with van der Waals surface area (Å²) in [5.74, 6) is 0. The Hall–Kier alpha value is -11.3. The number of aryl methyl sites for hydroxylation is 2. The van der Waals surface area contributed by atoms with Gasteiger partial charge in [0.1, 0.15) is 6.07 Å². The first-order chi connectivity index (χ1) is 41.5. The summed E-state index contributed by atoms with van der Waals surface area (Å²) in [6.07, 6.45) is 0. The first kappa shape index (κ1) is 46.5. The summed E-state index contributed by atoms with van der Waals surface area (Å²) < 4.78 is 10.0. The van der Waals surface area contributed by atoms with Gasteiger partial charge in [-0.25, -0.2) is 0 Å². The summed E-state index contributed by atoms with van der Waals surface area (Å²) in [6.45, 7) is 4.16. The Kier molecular flexibility index (Phi) is 9.62. The van der Waals surface area contributed by atoms with Crippen molar-refractivity contribution in [3.05, 3.63) is 272 Å². The van der Waals surface area contributed by atoms with Gasteiger partial charge in [0.2, 0.25) is 0 Å². The fourth-order valence-electron chi connectivity index (χ4n) is 14.5. The van der Waals surface area contributed by atoms with Crippen LogP contribution in [-0.4, -0.2) is 23.3 Å². The Morgan fingerprint density at radius 3 is 0.905 bits per heavy atom. The highest BCUT2D eigenvalue weighted by Crippen LogP contribution is 2.53. The molecule has 0 saturated heterocycles. The van der Waals surface area contributed by atoms with Crippen LogP contribution in [0.5, 0.6) is 0 Å². The molecular weight excluding hydrogens is 1020 g/mol. The van der Waals surface area contributed by atoms with E-state index in [0.717, 1.165) is 176 Å². The molecule has 0 atom stereocenters. The van der Waals surface area contributed by atoms with Crippen LogP contribution in [0.1, 0.15) is 17.0 Å². The molecule has 0 spiro atoms. The van der Waals surface area contributed by atoms with Crippen LogP contribution in [0.4, 0.5) is 0 Å². The standard InChI is InChI=1S/C78H48N6/c1-46-35-36-56(47(2)80-46)74-65(45-79)75(81-66-31-15-11-27-57(66)61-37-48-19-3-7-23-52(48)41-70(61)81)77(83-68-33-17-13-29-59(68)63-39-50-21-5-9-25-54(50)43-72(63)83)78(84-69-34-18-14-30-60(69)64-40-51-22-6-10-26-55(51)44-73(64)84)76(74)82-67-32-16-12-28-58(67)62-38-49-20-4-8-24-53(49)42-71(62)82/h3-44H,1-2H3. The van der Waals surface area contributed by atoms with Gasteiger partial charge in [0.15, 0.2) is 0 Å². The highest BCUT2D eigenvalue weighted by atomic mass is 15.1. The van der Waals surface area contributed by atoms with E-state index >= 15 is 0 Å². The van der Waals surface area contributed by atoms with Crippen LogP contribution in [0.25, 0.3) is 164 Å². The molecule has 390 valence electrons. The molecule has 0 saturated carbocycles. The molecule has 84 heavy (non-hydrogen) atoms. The molecule has 0 bridgehead atoms. The maximum Gasteiger partial charge on any atom is 0.102 e. The van der Waals surface area contributed by atoms with Crippen LogP contribution in [-0.2, 0) is 0 Å². The van der Waals surface area contributed by atoms with E-state index in [9.17, 15) is 5.26 Å². The third-order valence-electron chi connectivity index (χ3n) is 18.1. The second-order valence-electron chi connectivity index (χ2n) is 22.6. The Bertz CT molecular complexity index is 5970. The van der Waals surface area contributed by atoms with Gasteiger partial charge in [-0.05, 0) is 136 Å². The number of nitriles is 1. The number of hydrogen-bond donors (Lipinski definition) is 0. The van der Waals surface area contributed by atoms with Crippen molar-refractivity contribution in [1.29, 1.82) is 5.26 Å².